The minimum atomic E-state index is -3.07. The van der Waals surface area contributed by atoms with Gasteiger partial charge in [0.15, 0.2) is 0 Å². The van der Waals surface area contributed by atoms with Crippen molar-refractivity contribution in [1.82, 2.24) is 0 Å². The molecular formula is C38H48N2O4P2. The minimum Gasteiger partial charge on any atom is -0.310 e. The van der Waals surface area contributed by atoms with Crippen molar-refractivity contribution in [2.75, 3.05) is 35.6 Å². The summed E-state index contributed by atoms with van der Waals surface area (Å²) in [5.74, 6) is 0.655. The molecule has 244 valence electrons. The Labute approximate surface area is 275 Å². The maximum absolute atomic E-state index is 13.7. The summed E-state index contributed by atoms with van der Waals surface area (Å²) in [7, 11) is -6.14. The third-order valence-electron chi connectivity index (χ3n) is 9.05. The topological polar surface area (TPSA) is 59.1 Å². The van der Waals surface area contributed by atoms with Gasteiger partial charge < -0.3 is 9.05 Å². The molecule has 2 aliphatic heterocycles. The molecule has 4 aromatic rings. The first kappa shape index (κ1) is 34.2. The summed E-state index contributed by atoms with van der Waals surface area (Å²) in [6, 6.07) is 39.0. The van der Waals surface area contributed by atoms with Crippen molar-refractivity contribution in [1.29, 1.82) is 0 Å². The van der Waals surface area contributed by atoms with Gasteiger partial charge in [0, 0.05) is 36.3 Å². The maximum Gasteiger partial charge on any atom is 0.326 e. The molecule has 4 atom stereocenters. The van der Waals surface area contributed by atoms with Crippen LogP contribution in [0.4, 0.5) is 11.4 Å². The molecule has 2 saturated heterocycles. The van der Waals surface area contributed by atoms with Crippen molar-refractivity contribution in [3.05, 3.63) is 121 Å². The van der Waals surface area contributed by atoms with E-state index in [1.54, 1.807) is 0 Å². The van der Waals surface area contributed by atoms with E-state index < -0.39 is 15.0 Å². The molecule has 2 fully saturated rings. The monoisotopic (exact) mass is 658 g/mol. The molecule has 4 aromatic carbocycles. The highest BCUT2D eigenvalue weighted by Crippen LogP contribution is 2.57. The van der Waals surface area contributed by atoms with Crippen LogP contribution < -0.4 is 19.9 Å². The largest absolute Gasteiger partial charge is 0.326 e. The van der Waals surface area contributed by atoms with Crippen LogP contribution in [0.1, 0.15) is 41.5 Å². The van der Waals surface area contributed by atoms with E-state index in [0.29, 0.717) is 25.0 Å². The Morgan fingerprint density at radius 2 is 0.783 bits per heavy atom. The molecule has 0 N–H and O–H groups in total. The lowest BCUT2D eigenvalue weighted by Crippen LogP contribution is -2.43. The second kappa shape index (κ2) is 13.9. The molecule has 0 spiro atoms. The number of rotatable bonds is 4. The van der Waals surface area contributed by atoms with Crippen molar-refractivity contribution < 1.29 is 18.2 Å². The molecule has 6 nitrogen and oxygen atoms in total. The van der Waals surface area contributed by atoms with E-state index >= 15 is 0 Å². The summed E-state index contributed by atoms with van der Waals surface area (Å²) in [6.07, 6.45) is 0. The lowest BCUT2D eigenvalue weighted by atomic mass is 9.81. The summed E-state index contributed by atoms with van der Waals surface area (Å²) in [5.41, 5.74) is 2.12. The minimum absolute atomic E-state index is 0.106. The van der Waals surface area contributed by atoms with Crippen LogP contribution in [0.3, 0.4) is 0 Å². The van der Waals surface area contributed by atoms with Crippen molar-refractivity contribution in [2.24, 2.45) is 22.7 Å². The Morgan fingerprint density at radius 1 is 0.500 bits per heavy atom. The Morgan fingerprint density at radius 3 is 1.07 bits per heavy atom. The third-order valence-corrected chi connectivity index (χ3v) is 14.0. The van der Waals surface area contributed by atoms with Crippen LogP contribution in [-0.2, 0) is 18.2 Å². The predicted octanol–water partition coefficient (Wildman–Crippen LogP) is 9.41. The zero-order chi connectivity index (χ0) is 33.0. The molecule has 2 aliphatic rings. The molecule has 0 aromatic heterocycles. The maximum atomic E-state index is 13.7. The Hall–Kier alpha value is -3.14. The summed E-state index contributed by atoms with van der Waals surface area (Å²) in [6.45, 7) is 15.8. The van der Waals surface area contributed by atoms with Gasteiger partial charge in [-0.25, -0.2) is 0 Å². The number of para-hydroxylation sites is 2. The van der Waals surface area contributed by atoms with E-state index in [1.165, 1.54) is 0 Å². The second-order valence-electron chi connectivity index (χ2n) is 14.3. The molecule has 46 heavy (non-hydrogen) atoms. The standard InChI is InChI=1S/2C19H24NO2P/c2*1-19(2,3)16-14-20(17-10-6-4-7-11-17)23(21,22-15-16)18-12-8-5-9-13-18/h2*4-13,16H,14-15H2,1-3H3. The number of nitrogens with zero attached hydrogens (tertiary/aromatic N) is 2. The van der Waals surface area contributed by atoms with Gasteiger partial charge in [0.05, 0.1) is 23.8 Å². The Kier molecular flexibility index (Phi) is 10.3. The number of hydrogen-bond acceptors (Lipinski definition) is 4. The lowest BCUT2D eigenvalue weighted by Gasteiger charge is -2.44. The van der Waals surface area contributed by atoms with Crippen LogP contribution >= 0.6 is 15.0 Å². The van der Waals surface area contributed by atoms with Crippen LogP contribution in [0.2, 0.25) is 0 Å². The lowest BCUT2D eigenvalue weighted by molar-refractivity contribution is 0.138. The van der Waals surface area contributed by atoms with Gasteiger partial charge in [-0.15, -0.1) is 0 Å². The van der Waals surface area contributed by atoms with Crippen LogP contribution in [0, 0.1) is 22.7 Å². The normalized spacial score (nSPS) is 25.3. The summed E-state index contributed by atoms with van der Waals surface area (Å²) in [4.78, 5) is 0. The fourth-order valence-electron chi connectivity index (χ4n) is 5.68. The van der Waals surface area contributed by atoms with E-state index in [9.17, 15) is 9.13 Å². The van der Waals surface area contributed by atoms with Crippen molar-refractivity contribution in [2.45, 2.75) is 41.5 Å². The quantitative estimate of drug-likeness (QED) is 0.204. The van der Waals surface area contributed by atoms with E-state index in [0.717, 1.165) is 35.1 Å². The van der Waals surface area contributed by atoms with Gasteiger partial charge in [-0.2, -0.15) is 0 Å². The van der Waals surface area contributed by atoms with Crippen LogP contribution in [0.15, 0.2) is 121 Å². The fraction of sp³-hybridized carbons (Fsp3) is 0.368. The first-order valence-corrected chi connectivity index (χ1v) is 19.2. The van der Waals surface area contributed by atoms with Crippen molar-refractivity contribution >= 4 is 37.0 Å². The van der Waals surface area contributed by atoms with Gasteiger partial charge in [-0.3, -0.25) is 18.5 Å². The second-order valence-corrected chi connectivity index (χ2v) is 18.9. The number of hydrogen-bond donors (Lipinski definition) is 0. The smallest absolute Gasteiger partial charge is 0.310 e. The van der Waals surface area contributed by atoms with E-state index in [-0.39, 0.29) is 10.8 Å². The van der Waals surface area contributed by atoms with E-state index in [4.69, 9.17) is 9.05 Å². The summed E-state index contributed by atoms with van der Waals surface area (Å²) >= 11 is 0. The van der Waals surface area contributed by atoms with Gasteiger partial charge >= 0.3 is 15.0 Å². The fourth-order valence-corrected chi connectivity index (χ4v) is 10.4. The van der Waals surface area contributed by atoms with Crippen LogP contribution in [0.5, 0.6) is 0 Å². The van der Waals surface area contributed by atoms with Gasteiger partial charge in [0.25, 0.3) is 0 Å². The highest BCUT2D eigenvalue weighted by molar-refractivity contribution is 7.69. The molecule has 8 heteroatoms. The first-order chi connectivity index (χ1) is 21.8. The van der Waals surface area contributed by atoms with Gasteiger partial charge in [0.2, 0.25) is 0 Å². The highest BCUT2D eigenvalue weighted by atomic mass is 31.2. The van der Waals surface area contributed by atoms with Gasteiger partial charge in [0.1, 0.15) is 0 Å². The molecular weight excluding hydrogens is 610 g/mol. The molecule has 4 unspecified atom stereocenters. The Balaban J connectivity index is 0.000000181. The van der Waals surface area contributed by atoms with Crippen molar-refractivity contribution in [3.8, 4) is 0 Å². The van der Waals surface area contributed by atoms with Crippen molar-refractivity contribution in [3.63, 3.8) is 0 Å². The molecule has 2 heterocycles. The number of anilines is 2. The molecule has 0 saturated carbocycles. The van der Waals surface area contributed by atoms with E-state index in [1.807, 2.05) is 131 Å². The molecule has 0 aliphatic carbocycles. The molecule has 6 rings (SSSR count). The van der Waals surface area contributed by atoms with Gasteiger partial charge in [-0.1, -0.05) is 114 Å². The number of benzene rings is 4. The van der Waals surface area contributed by atoms with Crippen LogP contribution in [0.25, 0.3) is 0 Å². The third kappa shape index (κ3) is 7.53. The first-order valence-electron chi connectivity index (χ1n) is 16.1. The molecule has 0 bridgehead atoms. The van der Waals surface area contributed by atoms with Crippen LogP contribution in [-0.4, -0.2) is 26.3 Å². The predicted molar refractivity (Wildman–Crippen MR) is 193 cm³/mol. The highest BCUT2D eigenvalue weighted by Gasteiger charge is 2.44. The zero-order valence-corrected chi connectivity index (χ0v) is 29.7. The Bertz CT molecular complexity index is 1510. The average Bonchev–Trinajstić information content (AvgIpc) is 3.06. The zero-order valence-electron chi connectivity index (χ0n) is 28.0. The SMILES string of the molecule is CC(C)(C)C1COP(=O)(c2ccccc2)N(c2ccccc2)C1.CC(C)(C)C1COP(=O)(c2ccccc2)N(c2ccccc2)C1. The van der Waals surface area contributed by atoms with E-state index in [2.05, 4.69) is 41.5 Å². The summed E-state index contributed by atoms with van der Waals surface area (Å²) < 4.78 is 43.5. The summed E-state index contributed by atoms with van der Waals surface area (Å²) in [5, 5.41) is 1.52. The molecule has 0 radical (unpaired) electrons. The average molecular weight is 659 g/mol. The molecule has 0 amide bonds. The van der Waals surface area contributed by atoms with Gasteiger partial charge in [-0.05, 0) is 59.4 Å².